The molecule has 0 amide bonds. The largest absolute Gasteiger partial charge is 0.487 e. The van der Waals surface area contributed by atoms with Gasteiger partial charge in [0, 0.05) is 18.2 Å². The van der Waals surface area contributed by atoms with Crippen molar-refractivity contribution < 1.29 is 13.5 Å². The molecule has 3 nitrogen and oxygen atoms in total. The molecule has 1 heterocycles. The van der Waals surface area contributed by atoms with Crippen LogP contribution < -0.4 is 10.1 Å². The van der Waals surface area contributed by atoms with E-state index in [4.69, 9.17) is 4.74 Å². The summed E-state index contributed by atoms with van der Waals surface area (Å²) in [5, 5.41) is 3.61. The highest BCUT2D eigenvalue weighted by Gasteiger charge is 2.15. The molecular weight excluding hydrogens is 454 g/mol. The topological polar surface area (TPSA) is 34.1 Å². The normalized spacial score (nSPS) is 12.0. The van der Waals surface area contributed by atoms with E-state index in [1.54, 1.807) is 6.20 Å². The number of nitrogens with one attached hydrogen (secondary N) is 1. The molecule has 0 saturated heterocycles. The van der Waals surface area contributed by atoms with Crippen LogP contribution in [0, 0.1) is 11.6 Å². The maximum Gasteiger partial charge on any atom is 0.130 e. The number of nitrogens with zero attached hydrogens (tertiary/aromatic N) is 1. The van der Waals surface area contributed by atoms with E-state index in [1.165, 1.54) is 29.8 Å². The number of benzene rings is 3. The van der Waals surface area contributed by atoms with Gasteiger partial charge in [-0.15, -0.1) is 0 Å². The Bertz CT molecular complexity index is 1130. The van der Waals surface area contributed by atoms with Crippen LogP contribution in [-0.2, 0) is 13.0 Å². The maximum atomic E-state index is 13.4. The second kappa shape index (κ2) is 12.9. The van der Waals surface area contributed by atoms with Crippen molar-refractivity contribution in [1.82, 2.24) is 10.3 Å². The monoisotopic (exact) mass is 486 g/mol. The Labute approximate surface area is 212 Å². The van der Waals surface area contributed by atoms with Gasteiger partial charge in [-0.05, 0) is 98.0 Å². The lowest BCUT2D eigenvalue weighted by molar-refractivity contribution is 0.301. The first-order valence-electron chi connectivity index (χ1n) is 12.4. The number of ether oxygens (including phenoxy) is 1. The van der Waals surface area contributed by atoms with Crippen molar-refractivity contribution in [3.05, 3.63) is 131 Å². The zero-order valence-corrected chi connectivity index (χ0v) is 20.5. The molecule has 0 spiro atoms. The molecule has 1 N–H and O–H groups in total. The second-order valence-electron chi connectivity index (χ2n) is 9.11. The minimum atomic E-state index is -0.250. The van der Waals surface area contributed by atoms with E-state index in [0.29, 0.717) is 12.6 Å². The first-order chi connectivity index (χ1) is 17.6. The van der Waals surface area contributed by atoms with E-state index in [-0.39, 0.29) is 17.6 Å². The number of rotatable bonds is 12. The van der Waals surface area contributed by atoms with Gasteiger partial charge >= 0.3 is 0 Å². The molecule has 4 aromatic rings. The summed E-state index contributed by atoms with van der Waals surface area (Å²) in [5.74, 6) is 0.430. The number of hydrogen-bond donors (Lipinski definition) is 1. The molecular formula is C31H32F2N2O. The Morgan fingerprint density at radius 3 is 2.03 bits per heavy atom. The van der Waals surface area contributed by atoms with Crippen molar-refractivity contribution in [2.24, 2.45) is 0 Å². The highest BCUT2D eigenvalue weighted by Crippen LogP contribution is 2.29. The molecule has 5 heteroatoms. The van der Waals surface area contributed by atoms with Crippen LogP contribution in [0.2, 0.25) is 0 Å². The quantitative estimate of drug-likeness (QED) is 0.218. The van der Waals surface area contributed by atoms with Gasteiger partial charge in [0.1, 0.15) is 24.0 Å². The molecule has 3 aromatic carbocycles. The van der Waals surface area contributed by atoms with Crippen LogP contribution in [-0.4, -0.2) is 17.6 Å². The van der Waals surface area contributed by atoms with Crippen LogP contribution in [0.4, 0.5) is 8.78 Å². The number of halogens is 2. The molecule has 0 fully saturated rings. The highest BCUT2D eigenvalue weighted by atomic mass is 19.1. The summed E-state index contributed by atoms with van der Waals surface area (Å²) < 4.78 is 32.7. The number of hydrogen-bond acceptors (Lipinski definition) is 3. The van der Waals surface area contributed by atoms with E-state index >= 15 is 0 Å². The average molecular weight is 487 g/mol. The SMILES string of the molecule is CC(Cc1ccc(OCc2ccccn2)cc1)NCCCC(c1ccc(F)cc1)c1ccc(F)cc1. The summed E-state index contributed by atoms with van der Waals surface area (Å²) in [7, 11) is 0. The smallest absolute Gasteiger partial charge is 0.130 e. The number of pyridine rings is 1. The highest BCUT2D eigenvalue weighted by molar-refractivity contribution is 5.33. The molecule has 0 bridgehead atoms. The van der Waals surface area contributed by atoms with Crippen molar-refractivity contribution >= 4 is 0 Å². The van der Waals surface area contributed by atoms with Gasteiger partial charge in [-0.2, -0.15) is 0 Å². The van der Waals surface area contributed by atoms with Crippen molar-refractivity contribution in [3.63, 3.8) is 0 Å². The number of aromatic nitrogens is 1. The molecule has 0 radical (unpaired) electrons. The maximum absolute atomic E-state index is 13.4. The first-order valence-corrected chi connectivity index (χ1v) is 12.4. The third-order valence-electron chi connectivity index (χ3n) is 6.29. The molecule has 1 aromatic heterocycles. The van der Waals surface area contributed by atoms with Gasteiger partial charge in [-0.25, -0.2) is 8.78 Å². The van der Waals surface area contributed by atoms with Crippen molar-refractivity contribution in [2.75, 3.05) is 6.54 Å². The van der Waals surface area contributed by atoms with Gasteiger partial charge in [-0.1, -0.05) is 42.5 Å². The standard InChI is InChI=1S/C31H32F2N2O/c1-23(21-24-7-17-30(18-8-24)36-22-29-5-2-3-19-35-29)34-20-4-6-31(25-9-13-27(32)14-10-25)26-11-15-28(33)16-12-26/h2-3,5,7-19,23,31,34H,4,6,20-22H2,1H3. The lowest BCUT2D eigenvalue weighted by atomic mass is 9.87. The van der Waals surface area contributed by atoms with Gasteiger partial charge in [0.25, 0.3) is 0 Å². The first kappa shape index (κ1) is 25.5. The Morgan fingerprint density at radius 2 is 1.44 bits per heavy atom. The molecule has 0 aliphatic heterocycles. The lowest BCUT2D eigenvalue weighted by Gasteiger charge is -2.20. The zero-order chi connectivity index (χ0) is 25.2. The molecule has 0 aliphatic carbocycles. The summed E-state index contributed by atoms with van der Waals surface area (Å²) in [6.45, 7) is 3.50. The summed E-state index contributed by atoms with van der Waals surface area (Å²) in [6, 6.07) is 27.6. The lowest BCUT2D eigenvalue weighted by Crippen LogP contribution is -2.29. The molecule has 186 valence electrons. The van der Waals surface area contributed by atoms with Crippen LogP contribution in [0.5, 0.6) is 5.75 Å². The molecule has 36 heavy (non-hydrogen) atoms. The van der Waals surface area contributed by atoms with Gasteiger partial charge in [0.2, 0.25) is 0 Å². The predicted octanol–water partition coefficient (Wildman–Crippen LogP) is 7.07. The van der Waals surface area contributed by atoms with Gasteiger partial charge in [-0.3, -0.25) is 4.98 Å². The van der Waals surface area contributed by atoms with Crippen LogP contribution >= 0.6 is 0 Å². The van der Waals surface area contributed by atoms with Gasteiger partial charge < -0.3 is 10.1 Å². The third-order valence-corrected chi connectivity index (χ3v) is 6.29. The summed E-state index contributed by atoms with van der Waals surface area (Å²) >= 11 is 0. The Balaban J connectivity index is 1.24. The fourth-order valence-corrected chi connectivity index (χ4v) is 4.36. The van der Waals surface area contributed by atoms with Crippen LogP contribution in [0.1, 0.15) is 48.1 Å². The van der Waals surface area contributed by atoms with E-state index in [0.717, 1.165) is 48.4 Å². The molecule has 0 aliphatic rings. The summed E-state index contributed by atoms with van der Waals surface area (Å²) in [6.07, 6.45) is 4.52. The van der Waals surface area contributed by atoms with E-state index < -0.39 is 0 Å². The molecule has 4 rings (SSSR count). The van der Waals surface area contributed by atoms with E-state index in [9.17, 15) is 8.78 Å². The molecule has 0 saturated carbocycles. The molecule has 1 atom stereocenters. The second-order valence-corrected chi connectivity index (χ2v) is 9.11. The summed E-state index contributed by atoms with van der Waals surface area (Å²) in [4.78, 5) is 4.27. The third kappa shape index (κ3) is 7.72. The molecule has 1 unspecified atom stereocenters. The van der Waals surface area contributed by atoms with Gasteiger partial charge in [0.05, 0.1) is 5.69 Å². The van der Waals surface area contributed by atoms with E-state index in [1.807, 2.05) is 54.6 Å². The minimum absolute atomic E-state index is 0.0990. The van der Waals surface area contributed by atoms with E-state index in [2.05, 4.69) is 29.4 Å². The zero-order valence-electron chi connectivity index (χ0n) is 20.5. The Hall–Kier alpha value is -3.57. The van der Waals surface area contributed by atoms with Gasteiger partial charge in [0.15, 0.2) is 0 Å². The van der Waals surface area contributed by atoms with Crippen molar-refractivity contribution in [3.8, 4) is 5.75 Å². The van der Waals surface area contributed by atoms with Crippen LogP contribution in [0.25, 0.3) is 0 Å². The van der Waals surface area contributed by atoms with Crippen LogP contribution in [0.3, 0.4) is 0 Å². The Kier molecular flexibility index (Phi) is 9.17. The fraction of sp³-hybridized carbons (Fsp3) is 0.258. The average Bonchev–Trinajstić information content (AvgIpc) is 2.90. The fourth-order valence-electron chi connectivity index (χ4n) is 4.36. The minimum Gasteiger partial charge on any atom is -0.487 e. The van der Waals surface area contributed by atoms with Crippen molar-refractivity contribution in [1.29, 1.82) is 0 Å². The van der Waals surface area contributed by atoms with Crippen molar-refractivity contribution in [2.45, 2.75) is 44.8 Å². The van der Waals surface area contributed by atoms with Crippen LogP contribution in [0.15, 0.2) is 97.2 Å². The summed E-state index contributed by atoms with van der Waals surface area (Å²) in [5.41, 5.74) is 4.24. The predicted molar refractivity (Wildman–Crippen MR) is 140 cm³/mol. The Morgan fingerprint density at radius 1 is 0.806 bits per heavy atom.